The van der Waals surface area contributed by atoms with Crippen molar-refractivity contribution in [3.8, 4) is 0 Å². The zero-order valence-electron chi connectivity index (χ0n) is 20.9. The molecule has 40 heavy (non-hydrogen) atoms. The van der Waals surface area contributed by atoms with Gasteiger partial charge in [-0.05, 0) is 43.0 Å². The smallest absolute Gasteiger partial charge is 0.156 e. The van der Waals surface area contributed by atoms with Gasteiger partial charge in [-0.1, -0.05) is 83.9 Å². The number of halogens is 4. The van der Waals surface area contributed by atoms with Crippen molar-refractivity contribution in [1.29, 1.82) is 0 Å². The van der Waals surface area contributed by atoms with E-state index < -0.39 is 0 Å². The summed E-state index contributed by atoms with van der Waals surface area (Å²) in [5.41, 5.74) is 5.38. The first kappa shape index (κ1) is 28.7. The van der Waals surface area contributed by atoms with E-state index in [0.29, 0.717) is 37.0 Å². The maximum atomic E-state index is 6.12. The lowest BCUT2D eigenvalue weighted by Crippen LogP contribution is -2.02. The summed E-state index contributed by atoms with van der Waals surface area (Å²) in [6.45, 7) is 1.88. The molecule has 0 fully saturated rings. The van der Waals surface area contributed by atoms with Gasteiger partial charge in [-0.25, -0.2) is 19.9 Å². The van der Waals surface area contributed by atoms with Gasteiger partial charge in [0, 0.05) is 12.4 Å². The Kier molecular flexibility index (Phi) is 9.79. The van der Waals surface area contributed by atoms with Gasteiger partial charge in [-0.3, -0.25) is 0 Å². The molecule has 6 aromatic rings. The van der Waals surface area contributed by atoms with Crippen molar-refractivity contribution in [1.82, 2.24) is 29.1 Å². The zero-order chi connectivity index (χ0) is 27.9. The summed E-state index contributed by atoms with van der Waals surface area (Å²) in [6, 6.07) is 20.0. The molecule has 6 rings (SSSR count). The Hall–Kier alpha value is -2.86. The summed E-state index contributed by atoms with van der Waals surface area (Å²) in [6.07, 6.45) is 6.70. The van der Waals surface area contributed by atoms with Gasteiger partial charge < -0.3 is 18.6 Å². The van der Waals surface area contributed by atoms with Crippen molar-refractivity contribution in [2.45, 2.75) is 26.7 Å². The summed E-state index contributed by atoms with van der Waals surface area (Å²) < 4.78 is 17.0. The molecule has 0 N–H and O–H groups in total. The lowest BCUT2D eigenvalue weighted by Gasteiger charge is -2.07. The molecule has 0 atom stereocenters. The van der Waals surface area contributed by atoms with E-state index in [4.69, 9.17) is 32.7 Å². The molecule has 0 radical (unpaired) electrons. The van der Waals surface area contributed by atoms with Crippen molar-refractivity contribution in [2.75, 3.05) is 0 Å². The highest BCUT2D eigenvalue weighted by Crippen LogP contribution is 2.29. The maximum absolute atomic E-state index is 6.12. The maximum Gasteiger partial charge on any atom is 0.156 e. The summed E-state index contributed by atoms with van der Waals surface area (Å²) >= 11 is 19.2. The van der Waals surface area contributed by atoms with Gasteiger partial charge in [0.05, 0.1) is 22.2 Å². The van der Waals surface area contributed by atoms with Crippen molar-refractivity contribution >= 4 is 77.1 Å². The van der Waals surface area contributed by atoms with Crippen LogP contribution < -0.4 is 0 Å². The second-order valence-electron chi connectivity index (χ2n) is 8.54. The van der Waals surface area contributed by atoms with Gasteiger partial charge in [-0.15, -0.1) is 0 Å². The van der Waals surface area contributed by atoms with Crippen LogP contribution in [0.5, 0.6) is 0 Å². The normalized spacial score (nSPS) is 11.1. The highest BCUT2D eigenvalue weighted by Gasteiger charge is 2.13. The number of nitrogens with zero attached hydrogens (tertiary/aromatic N) is 6. The summed E-state index contributed by atoms with van der Waals surface area (Å²) in [7, 11) is 0. The summed E-state index contributed by atoms with van der Waals surface area (Å²) in [4.78, 5) is 16.4. The third-order valence-electron chi connectivity index (χ3n) is 5.80. The fraction of sp³-hybridized carbons (Fsp3) is 0.143. The number of hydrogen-bond acceptors (Lipinski definition) is 6. The minimum Gasteiger partial charge on any atom is -0.356 e. The van der Waals surface area contributed by atoms with Gasteiger partial charge >= 0.3 is 0 Å². The molecule has 0 aliphatic carbocycles. The first-order valence-corrected chi connectivity index (χ1v) is 14.4. The van der Waals surface area contributed by atoms with E-state index >= 15 is 0 Å². The Balaban J connectivity index is 0.000000161. The van der Waals surface area contributed by atoms with Crippen molar-refractivity contribution in [3.63, 3.8) is 0 Å². The molecule has 0 unspecified atom stereocenters. The molecule has 0 spiro atoms. The van der Waals surface area contributed by atoms with E-state index in [0.717, 1.165) is 42.1 Å². The van der Waals surface area contributed by atoms with Crippen LogP contribution >= 0.6 is 55.1 Å². The molecule has 0 bridgehead atoms. The molecule has 0 saturated heterocycles. The van der Waals surface area contributed by atoms with Gasteiger partial charge in [-0.2, -0.15) is 0 Å². The molecule has 12 heteroatoms. The van der Waals surface area contributed by atoms with Crippen LogP contribution in [0.15, 0.2) is 94.7 Å². The number of hydrogen-bond donors (Lipinski definition) is 0. The molecular formula is C28H22Br2Cl2N6O2. The van der Waals surface area contributed by atoms with Crippen LogP contribution in [-0.4, -0.2) is 29.1 Å². The SMILES string of the molecule is Clc1ncnc2c(Br)cn(COCc3ccccc3)c12.Clc1ncnc2c(Br)cn(COCc3ccccc3)c12. The van der Waals surface area contributed by atoms with Crippen molar-refractivity contribution < 1.29 is 9.47 Å². The first-order valence-electron chi connectivity index (χ1n) is 12.0. The van der Waals surface area contributed by atoms with Crippen LogP contribution in [0.2, 0.25) is 10.3 Å². The monoisotopic (exact) mass is 702 g/mol. The van der Waals surface area contributed by atoms with E-state index in [1.165, 1.54) is 12.7 Å². The highest BCUT2D eigenvalue weighted by molar-refractivity contribution is 9.11. The molecule has 0 aliphatic heterocycles. The van der Waals surface area contributed by atoms with Crippen molar-refractivity contribution in [2.24, 2.45) is 0 Å². The third kappa shape index (κ3) is 6.88. The highest BCUT2D eigenvalue weighted by atomic mass is 79.9. The van der Waals surface area contributed by atoms with Crippen LogP contribution in [-0.2, 0) is 36.1 Å². The Morgan fingerprint density at radius 1 is 0.600 bits per heavy atom. The van der Waals surface area contributed by atoms with Crippen LogP contribution in [0.1, 0.15) is 11.1 Å². The van der Waals surface area contributed by atoms with Gasteiger partial charge in [0.25, 0.3) is 0 Å². The predicted octanol–water partition coefficient (Wildman–Crippen LogP) is 8.04. The average Bonchev–Trinajstić information content (AvgIpc) is 3.47. The number of fused-ring (bicyclic) bond motifs is 2. The molecule has 8 nitrogen and oxygen atoms in total. The van der Waals surface area contributed by atoms with Crippen molar-refractivity contribution in [3.05, 3.63) is 116 Å². The molecule has 0 saturated carbocycles. The predicted molar refractivity (Wildman–Crippen MR) is 163 cm³/mol. The fourth-order valence-corrected chi connectivity index (χ4v) is 5.53. The lowest BCUT2D eigenvalue weighted by atomic mass is 10.2. The zero-order valence-corrected chi connectivity index (χ0v) is 25.6. The summed E-state index contributed by atoms with van der Waals surface area (Å²) in [5.74, 6) is 0. The number of aromatic nitrogens is 6. The molecule has 204 valence electrons. The largest absolute Gasteiger partial charge is 0.356 e. The van der Waals surface area contributed by atoms with Crippen LogP contribution in [0.25, 0.3) is 22.1 Å². The Morgan fingerprint density at radius 2 is 1.00 bits per heavy atom. The third-order valence-corrected chi connectivity index (χ3v) is 7.52. The Labute approximate surface area is 257 Å². The standard InChI is InChI=1S/2C14H11BrClN3O/c2*15-11-6-19(13-12(11)17-8-18-14(13)16)9-20-7-10-4-2-1-3-5-10/h2*1-6,8H,7,9H2. The van der Waals surface area contributed by atoms with E-state index in [1.807, 2.05) is 82.2 Å². The number of rotatable bonds is 8. The van der Waals surface area contributed by atoms with Crippen LogP contribution in [0.3, 0.4) is 0 Å². The quantitative estimate of drug-likeness (QED) is 0.149. The Bertz CT molecular complexity index is 1590. The average molecular weight is 705 g/mol. The van der Waals surface area contributed by atoms with E-state index in [1.54, 1.807) is 0 Å². The fourth-order valence-electron chi connectivity index (χ4n) is 3.97. The number of benzene rings is 2. The van der Waals surface area contributed by atoms with E-state index in [9.17, 15) is 0 Å². The minimum absolute atomic E-state index is 0.393. The molecule has 0 amide bonds. The molecule has 4 heterocycles. The first-order chi connectivity index (χ1) is 19.5. The minimum atomic E-state index is 0.393. The van der Waals surface area contributed by atoms with Crippen LogP contribution in [0, 0.1) is 0 Å². The Morgan fingerprint density at radius 3 is 1.40 bits per heavy atom. The number of ether oxygens (including phenoxy) is 2. The van der Waals surface area contributed by atoms with Gasteiger partial charge in [0.15, 0.2) is 10.3 Å². The lowest BCUT2D eigenvalue weighted by molar-refractivity contribution is 0.0666. The molecule has 0 aliphatic rings. The molecular weight excluding hydrogens is 683 g/mol. The van der Waals surface area contributed by atoms with E-state index in [-0.39, 0.29) is 0 Å². The van der Waals surface area contributed by atoms with Gasteiger partial charge in [0.1, 0.15) is 48.2 Å². The molecule has 2 aromatic carbocycles. The molecule has 4 aromatic heterocycles. The van der Waals surface area contributed by atoms with Crippen LogP contribution in [0.4, 0.5) is 0 Å². The van der Waals surface area contributed by atoms with E-state index in [2.05, 4.69) is 51.8 Å². The summed E-state index contributed by atoms with van der Waals surface area (Å²) in [5, 5.41) is 0.841. The topological polar surface area (TPSA) is 79.9 Å². The second-order valence-corrected chi connectivity index (χ2v) is 11.0. The second kappa shape index (κ2) is 13.7. The van der Waals surface area contributed by atoms with Gasteiger partial charge in [0.2, 0.25) is 0 Å².